The Morgan fingerprint density at radius 3 is 2.92 bits per heavy atom. The molecule has 1 aliphatic heterocycles. The van der Waals surface area contributed by atoms with Gasteiger partial charge in [0, 0.05) is 19.1 Å². The zero-order valence-corrected chi connectivity index (χ0v) is 15.0. The molecule has 0 spiro atoms. The third kappa shape index (κ3) is 5.04. The fraction of sp³-hybridized carbons (Fsp3) is 0.471. The minimum Gasteiger partial charge on any atom is -0.346 e. The standard InChI is InChI=1S/C17H22FN5OS/c1-19-14-3-2-8-23(10-14)11-15-21-22-17(25-15)16(24)20-9-12-4-6-13(18)7-5-12/h4-7,14,19H,2-3,8-11H2,1H3,(H,20,24). The quantitative estimate of drug-likeness (QED) is 0.819. The lowest BCUT2D eigenvalue weighted by Crippen LogP contribution is -2.43. The molecule has 134 valence electrons. The molecule has 6 nitrogen and oxygen atoms in total. The van der Waals surface area contributed by atoms with Crippen LogP contribution in [0.15, 0.2) is 24.3 Å². The topological polar surface area (TPSA) is 70.1 Å². The number of benzene rings is 1. The molecule has 3 rings (SSSR count). The van der Waals surface area contributed by atoms with Gasteiger partial charge in [-0.1, -0.05) is 23.5 Å². The summed E-state index contributed by atoms with van der Waals surface area (Å²) in [6.07, 6.45) is 2.36. The lowest BCUT2D eigenvalue weighted by atomic mass is 10.1. The summed E-state index contributed by atoms with van der Waals surface area (Å²) in [5.74, 6) is -0.540. The van der Waals surface area contributed by atoms with Gasteiger partial charge in [0.2, 0.25) is 5.01 Å². The number of amides is 1. The minimum absolute atomic E-state index is 0.250. The highest BCUT2D eigenvalue weighted by Gasteiger charge is 2.20. The summed E-state index contributed by atoms with van der Waals surface area (Å²) >= 11 is 1.32. The average molecular weight is 363 g/mol. The molecule has 25 heavy (non-hydrogen) atoms. The van der Waals surface area contributed by atoms with Gasteiger partial charge in [-0.25, -0.2) is 4.39 Å². The number of likely N-dealkylation sites (tertiary alicyclic amines) is 1. The molecule has 1 unspecified atom stereocenters. The number of nitrogens with one attached hydrogen (secondary N) is 2. The van der Waals surface area contributed by atoms with Crippen LogP contribution in [-0.4, -0.2) is 47.2 Å². The van der Waals surface area contributed by atoms with Gasteiger partial charge in [0.1, 0.15) is 10.8 Å². The number of hydrogen-bond acceptors (Lipinski definition) is 6. The maximum Gasteiger partial charge on any atom is 0.282 e. The van der Waals surface area contributed by atoms with Crippen molar-refractivity contribution in [3.8, 4) is 0 Å². The molecule has 1 amide bonds. The van der Waals surface area contributed by atoms with Gasteiger partial charge in [0.25, 0.3) is 5.91 Å². The second-order valence-electron chi connectivity index (χ2n) is 6.17. The third-order valence-corrected chi connectivity index (χ3v) is 5.21. The summed E-state index contributed by atoms with van der Waals surface area (Å²) in [6.45, 7) is 3.09. The lowest BCUT2D eigenvalue weighted by Gasteiger charge is -2.31. The summed E-state index contributed by atoms with van der Waals surface area (Å²) < 4.78 is 12.9. The molecule has 0 saturated carbocycles. The molecule has 1 atom stereocenters. The predicted molar refractivity (Wildman–Crippen MR) is 94.8 cm³/mol. The predicted octanol–water partition coefficient (Wildman–Crippen LogP) is 1.79. The van der Waals surface area contributed by atoms with Crippen molar-refractivity contribution in [2.75, 3.05) is 20.1 Å². The Balaban J connectivity index is 1.51. The second kappa shape index (κ2) is 8.46. The highest BCUT2D eigenvalue weighted by atomic mass is 32.1. The van der Waals surface area contributed by atoms with Crippen LogP contribution in [0.4, 0.5) is 4.39 Å². The van der Waals surface area contributed by atoms with E-state index in [2.05, 4.69) is 25.7 Å². The maximum atomic E-state index is 12.9. The Labute approximate surface area is 150 Å². The molecule has 0 radical (unpaired) electrons. The van der Waals surface area contributed by atoms with Crippen molar-refractivity contribution in [1.29, 1.82) is 0 Å². The summed E-state index contributed by atoms with van der Waals surface area (Å²) in [5, 5.41) is 15.5. The van der Waals surface area contributed by atoms with E-state index in [4.69, 9.17) is 0 Å². The van der Waals surface area contributed by atoms with Crippen LogP contribution in [0.5, 0.6) is 0 Å². The van der Waals surface area contributed by atoms with Crippen molar-refractivity contribution in [3.63, 3.8) is 0 Å². The van der Waals surface area contributed by atoms with Gasteiger partial charge in [-0.15, -0.1) is 10.2 Å². The molecular formula is C17H22FN5OS. The number of carbonyl (C=O) groups excluding carboxylic acids is 1. The summed E-state index contributed by atoms with van der Waals surface area (Å²) in [7, 11) is 1.99. The van der Waals surface area contributed by atoms with Crippen molar-refractivity contribution < 1.29 is 9.18 Å². The van der Waals surface area contributed by atoms with Crippen molar-refractivity contribution in [2.45, 2.75) is 32.0 Å². The normalized spacial score (nSPS) is 18.2. The third-order valence-electron chi connectivity index (χ3n) is 4.30. The first-order valence-electron chi connectivity index (χ1n) is 8.38. The number of halogens is 1. The summed E-state index contributed by atoms with van der Waals surface area (Å²) in [5.41, 5.74) is 0.839. The van der Waals surface area contributed by atoms with Gasteiger partial charge in [0.05, 0.1) is 6.54 Å². The highest BCUT2D eigenvalue weighted by Crippen LogP contribution is 2.16. The van der Waals surface area contributed by atoms with Crippen LogP contribution >= 0.6 is 11.3 Å². The van der Waals surface area contributed by atoms with E-state index in [1.54, 1.807) is 12.1 Å². The van der Waals surface area contributed by atoms with E-state index >= 15 is 0 Å². The van der Waals surface area contributed by atoms with Gasteiger partial charge in [-0.3, -0.25) is 9.69 Å². The Kier molecular flexibility index (Phi) is 6.06. The van der Waals surface area contributed by atoms with E-state index in [9.17, 15) is 9.18 Å². The van der Waals surface area contributed by atoms with Crippen LogP contribution in [-0.2, 0) is 13.1 Å². The smallest absolute Gasteiger partial charge is 0.282 e. The van der Waals surface area contributed by atoms with Gasteiger partial charge in [0.15, 0.2) is 0 Å². The molecule has 1 aromatic heterocycles. The summed E-state index contributed by atoms with van der Waals surface area (Å²) in [4.78, 5) is 14.5. The van der Waals surface area contributed by atoms with Crippen molar-refractivity contribution >= 4 is 17.2 Å². The zero-order valence-electron chi connectivity index (χ0n) is 14.2. The van der Waals surface area contributed by atoms with Crippen LogP contribution in [0.1, 0.15) is 33.2 Å². The summed E-state index contributed by atoms with van der Waals surface area (Å²) in [6, 6.07) is 6.56. The Morgan fingerprint density at radius 2 is 2.16 bits per heavy atom. The number of rotatable bonds is 6. The number of hydrogen-bond donors (Lipinski definition) is 2. The van der Waals surface area contributed by atoms with Crippen LogP contribution in [0.3, 0.4) is 0 Å². The van der Waals surface area contributed by atoms with E-state index in [0.29, 0.717) is 17.6 Å². The Morgan fingerprint density at radius 1 is 1.36 bits per heavy atom. The molecule has 1 saturated heterocycles. The van der Waals surface area contributed by atoms with Gasteiger partial charge in [-0.05, 0) is 44.1 Å². The molecule has 1 aliphatic rings. The SMILES string of the molecule is CNC1CCCN(Cc2nnc(C(=O)NCc3ccc(F)cc3)s2)C1. The number of carbonyl (C=O) groups is 1. The minimum atomic E-state index is -0.290. The van der Waals surface area contributed by atoms with Crippen molar-refractivity contribution in [3.05, 3.63) is 45.7 Å². The van der Waals surface area contributed by atoms with E-state index in [-0.39, 0.29) is 11.7 Å². The average Bonchev–Trinajstić information content (AvgIpc) is 3.09. The number of aromatic nitrogens is 2. The molecule has 0 bridgehead atoms. The number of nitrogens with zero attached hydrogens (tertiary/aromatic N) is 3. The van der Waals surface area contributed by atoms with Crippen LogP contribution in [0, 0.1) is 5.82 Å². The largest absolute Gasteiger partial charge is 0.346 e. The van der Waals surface area contributed by atoms with Crippen LogP contribution in [0.25, 0.3) is 0 Å². The molecule has 2 aromatic rings. The van der Waals surface area contributed by atoms with Gasteiger partial charge < -0.3 is 10.6 Å². The monoisotopic (exact) mass is 363 g/mol. The highest BCUT2D eigenvalue weighted by molar-refractivity contribution is 7.13. The van der Waals surface area contributed by atoms with Crippen LogP contribution in [0.2, 0.25) is 0 Å². The molecule has 1 fully saturated rings. The van der Waals surface area contributed by atoms with Crippen molar-refractivity contribution in [2.24, 2.45) is 0 Å². The maximum absolute atomic E-state index is 12.9. The number of piperidine rings is 1. The molecule has 2 N–H and O–H groups in total. The first kappa shape index (κ1) is 17.9. The molecule has 0 aliphatic carbocycles. The van der Waals surface area contributed by atoms with E-state index in [0.717, 1.165) is 36.6 Å². The second-order valence-corrected chi connectivity index (χ2v) is 7.24. The van der Waals surface area contributed by atoms with E-state index < -0.39 is 0 Å². The first-order valence-corrected chi connectivity index (χ1v) is 9.20. The molecule has 2 heterocycles. The van der Waals surface area contributed by atoms with Gasteiger partial charge in [-0.2, -0.15) is 0 Å². The van der Waals surface area contributed by atoms with Crippen LogP contribution < -0.4 is 10.6 Å². The van der Waals surface area contributed by atoms with E-state index in [1.165, 1.54) is 29.9 Å². The Bertz CT molecular complexity index is 705. The zero-order chi connectivity index (χ0) is 17.6. The van der Waals surface area contributed by atoms with E-state index in [1.807, 2.05) is 7.05 Å². The first-order chi connectivity index (χ1) is 12.1. The number of likely N-dealkylation sites (N-methyl/N-ethyl adjacent to an activating group) is 1. The molecule has 8 heteroatoms. The van der Waals surface area contributed by atoms with Crippen molar-refractivity contribution in [1.82, 2.24) is 25.7 Å². The lowest BCUT2D eigenvalue weighted by molar-refractivity contribution is 0.0950. The fourth-order valence-corrected chi connectivity index (χ4v) is 3.69. The van der Waals surface area contributed by atoms with Gasteiger partial charge >= 0.3 is 0 Å². The molecule has 1 aromatic carbocycles. The fourth-order valence-electron chi connectivity index (χ4n) is 2.90. The molecular weight excluding hydrogens is 341 g/mol. The Hall–Kier alpha value is -1.90.